The summed E-state index contributed by atoms with van der Waals surface area (Å²) in [5.74, 6) is -0.0677. The molecule has 0 bridgehead atoms. The van der Waals surface area contributed by atoms with E-state index in [2.05, 4.69) is 14.9 Å². The summed E-state index contributed by atoms with van der Waals surface area (Å²) in [5.41, 5.74) is 2.69. The molecule has 0 unspecified atom stereocenters. The number of carbonyl (C=O) groups excluding carboxylic acids is 1. The molecule has 1 amide bonds. The SMILES string of the molecule is CC(=O)Nc1ccc(/C=C\c2csnn2)cc1. The Morgan fingerprint density at radius 2 is 2.06 bits per heavy atom. The highest BCUT2D eigenvalue weighted by Crippen LogP contribution is 2.12. The van der Waals surface area contributed by atoms with E-state index in [0.717, 1.165) is 16.9 Å². The molecule has 0 atom stereocenters. The third-order valence-electron chi connectivity index (χ3n) is 2.05. The van der Waals surface area contributed by atoms with Gasteiger partial charge in [0.25, 0.3) is 0 Å². The molecule has 2 rings (SSSR count). The molecule has 0 aliphatic heterocycles. The zero-order valence-electron chi connectivity index (χ0n) is 9.25. The van der Waals surface area contributed by atoms with E-state index in [1.54, 1.807) is 0 Å². The summed E-state index contributed by atoms with van der Waals surface area (Å²) < 4.78 is 3.77. The lowest BCUT2D eigenvalue weighted by Gasteiger charge is -2.01. The summed E-state index contributed by atoms with van der Waals surface area (Å²) in [5, 5.41) is 8.51. The Hall–Kier alpha value is -2.01. The van der Waals surface area contributed by atoms with Crippen LogP contribution in [0, 0.1) is 0 Å². The van der Waals surface area contributed by atoms with Crippen LogP contribution >= 0.6 is 11.5 Å². The molecule has 0 spiro atoms. The van der Waals surface area contributed by atoms with Crippen molar-refractivity contribution in [2.75, 3.05) is 5.32 Å². The molecular weight excluding hydrogens is 234 g/mol. The molecule has 0 saturated heterocycles. The van der Waals surface area contributed by atoms with Gasteiger partial charge in [-0.25, -0.2) is 0 Å². The minimum absolute atomic E-state index is 0.0677. The minimum atomic E-state index is -0.0677. The van der Waals surface area contributed by atoms with Crippen molar-refractivity contribution < 1.29 is 4.79 Å². The third-order valence-corrected chi connectivity index (χ3v) is 2.58. The number of hydrogen-bond donors (Lipinski definition) is 1. The third kappa shape index (κ3) is 3.49. The monoisotopic (exact) mass is 245 g/mol. The van der Waals surface area contributed by atoms with E-state index in [1.165, 1.54) is 18.5 Å². The zero-order valence-corrected chi connectivity index (χ0v) is 10.1. The van der Waals surface area contributed by atoms with Crippen LogP contribution in [-0.2, 0) is 4.79 Å². The van der Waals surface area contributed by atoms with E-state index in [0.29, 0.717) is 0 Å². The van der Waals surface area contributed by atoms with Gasteiger partial charge in [0.15, 0.2) is 0 Å². The maximum Gasteiger partial charge on any atom is 0.221 e. The van der Waals surface area contributed by atoms with Gasteiger partial charge in [-0.15, -0.1) is 5.10 Å². The van der Waals surface area contributed by atoms with Gasteiger partial charge < -0.3 is 5.32 Å². The molecule has 0 saturated carbocycles. The fraction of sp³-hybridized carbons (Fsp3) is 0.0833. The van der Waals surface area contributed by atoms with E-state index < -0.39 is 0 Å². The first-order chi connectivity index (χ1) is 8.24. The lowest BCUT2D eigenvalue weighted by atomic mass is 10.2. The number of nitrogens with one attached hydrogen (secondary N) is 1. The van der Waals surface area contributed by atoms with Gasteiger partial charge in [0.1, 0.15) is 0 Å². The lowest BCUT2D eigenvalue weighted by molar-refractivity contribution is -0.114. The van der Waals surface area contributed by atoms with E-state index in [-0.39, 0.29) is 5.91 Å². The number of rotatable bonds is 3. The summed E-state index contributed by atoms with van der Waals surface area (Å²) in [6, 6.07) is 7.59. The first-order valence-corrected chi connectivity index (χ1v) is 5.90. The second kappa shape index (κ2) is 5.36. The second-order valence-electron chi connectivity index (χ2n) is 3.47. The molecule has 17 heavy (non-hydrogen) atoms. The minimum Gasteiger partial charge on any atom is -0.326 e. The summed E-state index contributed by atoms with van der Waals surface area (Å²) in [6.45, 7) is 1.49. The van der Waals surface area contributed by atoms with Gasteiger partial charge in [-0.1, -0.05) is 22.7 Å². The van der Waals surface area contributed by atoms with E-state index >= 15 is 0 Å². The topological polar surface area (TPSA) is 54.9 Å². The summed E-state index contributed by atoms with van der Waals surface area (Å²) in [6.07, 6.45) is 3.85. The average Bonchev–Trinajstić information content (AvgIpc) is 2.80. The Morgan fingerprint density at radius 1 is 1.29 bits per heavy atom. The molecule has 0 aliphatic carbocycles. The molecular formula is C12H11N3OS. The highest BCUT2D eigenvalue weighted by atomic mass is 32.1. The molecule has 2 aromatic rings. The fourth-order valence-corrected chi connectivity index (χ4v) is 1.73. The number of amides is 1. The quantitative estimate of drug-likeness (QED) is 0.904. The molecule has 4 nitrogen and oxygen atoms in total. The van der Waals surface area contributed by atoms with Crippen LogP contribution in [0.1, 0.15) is 18.2 Å². The molecule has 5 heteroatoms. The van der Waals surface area contributed by atoms with Gasteiger partial charge in [0, 0.05) is 18.0 Å². The molecule has 1 heterocycles. The van der Waals surface area contributed by atoms with Gasteiger partial charge in [-0.2, -0.15) is 0 Å². The Balaban J connectivity index is 2.05. The number of anilines is 1. The standard InChI is InChI=1S/C12H11N3OS/c1-9(16)13-11-5-2-10(3-6-11)4-7-12-8-17-15-14-12/h2-8H,1H3,(H,13,16)/b7-4-. The highest BCUT2D eigenvalue weighted by Gasteiger charge is 1.94. The maximum absolute atomic E-state index is 10.8. The van der Waals surface area contributed by atoms with E-state index in [4.69, 9.17) is 0 Å². The molecule has 1 aromatic heterocycles. The van der Waals surface area contributed by atoms with Crippen LogP contribution in [-0.4, -0.2) is 15.5 Å². The maximum atomic E-state index is 10.8. The van der Waals surface area contributed by atoms with Crippen LogP contribution in [0.5, 0.6) is 0 Å². The molecule has 0 radical (unpaired) electrons. The smallest absolute Gasteiger partial charge is 0.221 e. The van der Waals surface area contributed by atoms with Crippen molar-refractivity contribution in [2.45, 2.75) is 6.92 Å². The summed E-state index contributed by atoms with van der Waals surface area (Å²) in [4.78, 5) is 10.8. The highest BCUT2D eigenvalue weighted by molar-refractivity contribution is 7.03. The molecule has 1 aromatic carbocycles. The fourth-order valence-electron chi connectivity index (χ4n) is 1.31. The van der Waals surface area contributed by atoms with Crippen LogP contribution in [0.15, 0.2) is 29.6 Å². The van der Waals surface area contributed by atoms with Gasteiger partial charge >= 0.3 is 0 Å². The van der Waals surface area contributed by atoms with Gasteiger partial charge in [-0.3, -0.25) is 4.79 Å². The first kappa shape index (κ1) is 11.5. The number of aromatic nitrogens is 2. The molecule has 0 fully saturated rings. The van der Waals surface area contributed by atoms with Crippen molar-refractivity contribution in [1.29, 1.82) is 0 Å². The van der Waals surface area contributed by atoms with Crippen LogP contribution in [0.4, 0.5) is 5.69 Å². The predicted molar refractivity (Wildman–Crippen MR) is 69.6 cm³/mol. The van der Waals surface area contributed by atoms with Crippen molar-refractivity contribution in [3.05, 3.63) is 40.9 Å². The number of nitrogens with zero attached hydrogens (tertiary/aromatic N) is 2. The van der Waals surface area contributed by atoms with Crippen molar-refractivity contribution >= 4 is 35.3 Å². The largest absolute Gasteiger partial charge is 0.326 e. The zero-order chi connectivity index (χ0) is 12.1. The van der Waals surface area contributed by atoms with Gasteiger partial charge in [-0.05, 0) is 35.3 Å². The van der Waals surface area contributed by atoms with Crippen molar-refractivity contribution in [3.63, 3.8) is 0 Å². The van der Waals surface area contributed by atoms with Crippen molar-refractivity contribution in [2.24, 2.45) is 0 Å². The van der Waals surface area contributed by atoms with Crippen LogP contribution < -0.4 is 5.32 Å². The number of hydrogen-bond acceptors (Lipinski definition) is 4. The molecule has 0 aliphatic rings. The van der Waals surface area contributed by atoms with Crippen molar-refractivity contribution in [3.8, 4) is 0 Å². The Labute approximate surface area is 103 Å². The van der Waals surface area contributed by atoms with Gasteiger partial charge in [0.2, 0.25) is 5.91 Å². The van der Waals surface area contributed by atoms with E-state index in [9.17, 15) is 4.79 Å². The normalized spacial score (nSPS) is 10.6. The van der Waals surface area contributed by atoms with E-state index in [1.807, 2.05) is 41.8 Å². The Bertz CT molecular complexity index is 517. The second-order valence-corrected chi connectivity index (χ2v) is 4.08. The summed E-state index contributed by atoms with van der Waals surface area (Å²) in [7, 11) is 0. The Morgan fingerprint density at radius 3 is 2.65 bits per heavy atom. The number of carbonyl (C=O) groups is 1. The predicted octanol–water partition coefficient (Wildman–Crippen LogP) is 2.67. The molecule has 86 valence electrons. The lowest BCUT2D eigenvalue weighted by Crippen LogP contribution is -2.05. The van der Waals surface area contributed by atoms with Crippen molar-refractivity contribution in [1.82, 2.24) is 9.59 Å². The van der Waals surface area contributed by atoms with Crippen LogP contribution in [0.3, 0.4) is 0 Å². The Kier molecular flexibility index (Phi) is 3.62. The summed E-state index contributed by atoms with van der Waals surface area (Å²) >= 11 is 1.32. The first-order valence-electron chi connectivity index (χ1n) is 5.07. The van der Waals surface area contributed by atoms with Crippen LogP contribution in [0.2, 0.25) is 0 Å². The average molecular weight is 245 g/mol. The molecule has 1 N–H and O–H groups in total. The van der Waals surface area contributed by atoms with Gasteiger partial charge in [0.05, 0.1) is 5.69 Å². The number of benzene rings is 1. The van der Waals surface area contributed by atoms with Crippen LogP contribution in [0.25, 0.3) is 12.2 Å².